The van der Waals surface area contributed by atoms with Crippen molar-refractivity contribution in [3.05, 3.63) is 35.9 Å². The van der Waals surface area contributed by atoms with Crippen molar-refractivity contribution in [1.82, 2.24) is 9.80 Å². The number of likely N-dealkylation sites (N-methyl/N-ethyl adjacent to an activating group) is 1. The molecule has 2 nitrogen and oxygen atoms in total. The number of likely N-dealkylation sites (tertiary alicyclic amines) is 1. The van der Waals surface area contributed by atoms with Gasteiger partial charge >= 0.3 is 0 Å². The van der Waals surface area contributed by atoms with Gasteiger partial charge in [-0.15, -0.1) is 0 Å². The molecule has 0 bridgehead atoms. The molecule has 2 heterocycles. The van der Waals surface area contributed by atoms with Crippen LogP contribution in [0.4, 0.5) is 0 Å². The van der Waals surface area contributed by atoms with E-state index in [1.165, 1.54) is 18.7 Å². The first-order valence-corrected chi connectivity index (χ1v) is 5.69. The molecule has 3 unspecified atom stereocenters. The van der Waals surface area contributed by atoms with Gasteiger partial charge in [-0.05, 0) is 19.5 Å². The molecule has 0 saturated carbocycles. The van der Waals surface area contributed by atoms with Gasteiger partial charge in [0.05, 0.1) is 0 Å². The van der Waals surface area contributed by atoms with Crippen LogP contribution in [0, 0.1) is 0 Å². The molecule has 3 atom stereocenters. The van der Waals surface area contributed by atoms with Crippen molar-refractivity contribution in [1.29, 1.82) is 0 Å². The van der Waals surface area contributed by atoms with Crippen molar-refractivity contribution < 1.29 is 0 Å². The van der Waals surface area contributed by atoms with Gasteiger partial charge in [-0.2, -0.15) is 0 Å². The molecule has 3 rings (SSSR count). The smallest absolute Gasteiger partial charge is 0.0477 e. The monoisotopic (exact) mass is 202 g/mol. The fourth-order valence-electron chi connectivity index (χ4n) is 2.95. The summed E-state index contributed by atoms with van der Waals surface area (Å²) in [6.45, 7) is 5.95. The van der Waals surface area contributed by atoms with Crippen LogP contribution in [0.2, 0.25) is 0 Å². The lowest BCUT2D eigenvalue weighted by molar-refractivity contribution is 0.241. The summed E-state index contributed by atoms with van der Waals surface area (Å²) in [5.41, 5.74) is 1.92. The second-order valence-electron chi connectivity index (χ2n) is 5.14. The van der Waals surface area contributed by atoms with Gasteiger partial charge in [-0.3, -0.25) is 9.80 Å². The van der Waals surface area contributed by atoms with Crippen LogP contribution in [0.3, 0.4) is 0 Å². The Morgan fingerprint density at radius 1 is 1.33 bits per heavy atom. The number of hydrogen-bond acceptors (Lipinski definition) is 2. The standard InChI is InChI=1S/C13H18N2/c1-13-10-15(9-12(13)14(13)2)8-11-6-4-3-5-7-11/h3-7,12H,8-10H2,1-2H3. The Morgan fingerprint density at radius 2 is 2.07 bits per heavy atom. The Balaban J connectivity index is 1.64. The summed E-state index contributed by atoms with van der Waals surface area (Å²) in [5, 5.41) is 0. The van der Waals surface area contributed by atoms with Gasteiger partial charge in [0.1, 0.15) is 0 Å². The molecule has 0 spiro atoms. The van der Waals surface area contributed by atoms with Gasteiger partial charge in [-0.25, -0.2) is 0 Å². The van der Waals surface area contributed by atoms with E-state index in [2.05, 4.69) is 54.1 Å². The van der Waals surface area contributed by atoms with Crippen LogP contribution in [-0.4, -0.2) is 41.5 Å². The summed E-state index contributed by atoms with van der Waals surface area (Å²) in [7, 11) is 2.24. The maximum atomic E-state index is 2.57. The van der Waals surface area contributed by atoms with Gasteiger partial charge in [0, 0.05) is 31.2 Å². The molecule has 15 heavy (non-hydrogen) atoms. The average molecular weight is 202 g/mol. The van der Waals surface area contributed by atoms with Gasteiger partial charge in [0.2, 0.25) is 0 Å². The maximum absolute atomic E-state index is 2.57. The number of rotatable bonds is 2. The number of piperazine rings is 1. The first-order valence-electron chi connectivity index (χ1n) is 5.69. The van der Waals surface area contributed by atoms with E-state index in [1.807, 2.05) is 0 Å². The summed E-state index contributed by atoms with van der Waals surface area (Å²) in [6, 6.07) is 11.6. The van der Waals surface area contributed by atoms with E-state index in [1.54, 1.807) is 0 Å². The molecule has 0 N–H and O–H groups in total. The zero-order valence-electron chi connectivity index (χ0n) is 9.48. The molecule has 2 saturated heterocycles. The van der Waals surface area contributed by atoms with Gasteiger partial charge in [0.15, 0.2) is 0 Å². The first-order chi connectivity index (χ1) is 7.20. The van der Waals surface area contributed by atoms with E-state index in [-0.39, 0.29) is 0 Å². The molecule has 2 fully saturated rings. The molecule has 2 heteroatoms. The minimum Gasteiger partial charge on any atom is -0.296 e. The summed E-state index contributed by atoms with van der Waals surface area (Å²) >= 11 is 0. The fraction of sp³-hybridized carbons (Fsp3) is 0.538. The first kappa shape index (κ1) is 9.37. The summed E-state index contributed by atoms with van der Waals surface area (Å²) in [6.07, 6.45) is 0. The van der Waals surface area contributed by atoms with Gasteiger partial charge < -0.3 is 0 Å². The van der Waals surface area contributed by atoms with Crippen LogP contribution < -0.4 is 0 Å². The van der Waals surface area contributed by atoms with Crippen molar-refractivity contribution in [2.75, 3.05) is 20.1 Å². The highest BCUT2D eigenvalue weighted by Gasteiger charge is 2.61. The molecule has 1 aromatic carbocycles. The minimum absolute atomic E-state index is 0.481. The van der Waals surface area contributed by atoms with Crippen molar-refractivity contribution in [3.8, 4) is 0 Å². The zero-order valence-corrected chi connectivity index (χ0v) is 9.48. The highest BCUT2D eigenvalue weighted by Crippen LogP contribution is 2.45. The second kappa shape index (κ2) is 3.06. The van der Waals surface area contributed by atoms with E-state index in [0.717, 1.165) is 12.6 Å². The van der Waals surface area contributed by atoms with Gasteiger partial charge in [-0.1, -0.05) is 30.3 Å². The lowest BCUT2D eigenvalue weighted by Gasteiger charge is -2.21. The second-order valence-corrected chi connectivity index (χ2v) is 5.14. The third-order valence-corrected chi connectivity index (χ3v) is 4.15. The highest BCUT2D eigenvalue weighted by molar-refractivity contribution is 5.22. The van der Waals surface area contributed by atoms with Crippen LogP contribution >= 0.6 is 0 Å². The van der Waals surface area contributed by atoms with Crippen molar-refractivity contribution in [3.63, 3.8) is 0 Å². The summed E-state index contributed by atoms with van der Waals surface area (Å²) < 4.78 is 0. The predicted molar refractivity (Wildman–Crippen MR) is 61.7 cm³/mol. The highest BCUT2D eigenvalue weighted by atomic mass is 15.5. The lowest BCUT2D eigenvalue weighted by Crippen LogP contribution is -2.31. The molecule has 0 aromatic heterocycles. The van der Waals surface area contributed by atoms with E-state index in [4.69, 9.17) is 0 Å². The van der Waals surface area contributed by atoms with Crippen LogP contribution in [0.15, 0.2) is 30.3 Å². The predicted octanol–water partition coefficient (Wildman–Crippen LogP) is 1.57. The molecule has 1 aromatic rings. The molecular formula is C13H18N2. The minimum atomic E-state index is 0.481. The Hall–Kier alpha value is -0.860. The Labute approximate surface area is 91.5 Å². The van der Waals surface area contributed by atoms with Crippen LogP contribution in [0.5, 0.6) is 0 Å². The normalized spacial score (nSPS) is 39.1. The third kappa shape index (κ3) is 1.40. The fourth-order valence-corrected chi connectivity index (χ4v) is 2.95. The lowest BCUT2D eigenvalue weighted by atomic mass is 10.1. The molecule has 0 aliphatic carbocycles. The number of benzene rings is 1. The van der Waals surface area contributed by atoms with E-state index >= 15 is 0 Å². The summed E-state index contributed by atoms with van der Waals surface area (Å²) in [4.78, 5) is 5.06. The topological polar surface area (TPSA) is 6.25 Å². The number of hydrogen-bond donors (Lipinski definition) is 0. The van der Waals surface area contributed by atoms with Crippen LogP contribution in [0.25, 0.3) is 0 Å². The molecular weight excluding hydrogens is 184 g/mol. The molecule has 80 valence electrons. The van der Waals surface area contributed by atoms with Crippen LogP contribution in [-0.2, 0) is 6.54 Å². The Morgan fingerprint density at radius 3 is 2.67 bits per heavy atom. The molecule has 0 amide bonds. The van der Waals surface area contributed by atoms with E-state index in [0.29, 0.717) is 5.54 Å². The molecule has 0 radical (unpaired) electrons. The third-order valence-electron chi connectivity index (χ3n) is 4.15. The quantitative estimate of drug-likeness (QED) is 0.672. The average Bonchev–Trinajstić information content (AvgIpc) is 2.59. The van der Waals surface area contributed by atoms with Gasteiger partial charge in [0.25, 0.3) is 0 Å². The van der Waals surface area contributed by atoms with Crippen molar-refractivity contribution in [2.24, 2.45) is 0 Å². The molecule has 2 aliphatic heterocycles. The van der Waals surface area contributed by atoms with Crippen molar-refractivity contribution >= 4 is 0 Å². The summed E-state index contributed by atoms with van der Waals surface area (Å²) in [5.74, 6) is 0. The van der Waals surface area contributed by atoms with E-state index in [9.17, 15) is 0 Å². The van der Waals surface area contributed by atoms with Crippen molar-refractivity contribution in [2.45, 2.75) is 25.0 Å². The Bertz CT molecular complexity index is 362. The number of fused-ring (bicyclic) bond motifs is 1. The Kier molecular flexibility index (Phi) is 1.91. The zero-order chi connectivity index (χ0) is 10.5. The largest absolute Gasteiger partial charge is 0.296 e. The maximum Gasteiger partial charge on any atom is 0.0477 e. The molecule has 2 aliphatic rings. The van der Waals surface area contributed by atoms with E-state index < -0.39 is 0 Å². The van der Waals surface area contributed by atoms with Crippen LogP contribution in [0.1, 0.15) is 12.5 Å². The SMILES string of the molecule is CN1C2CN(Cc3ccccc3)CC21C. The number of nitrogens with zero attached hydrogens (tertiary/aromatic N) is 2.